The van der Waals surface area contributed by atoms with Crippen LogP contribution in [0, 0.1) is 0 Å². The maximum atomic E-state index is 11.3. The number of allylic oxidation sites excluding steroid dienone is 1. The van der Waals surface area contributed by atoms with E-state index in [9.17, 15) is 9.59 Å². The SMILES string of the molecule is COC(=O)C(NC(=O)C(Cl)(Cl)Cl)=C(C)C. The van der Waals surface area contributed by atoms with Crippen molar-refractivity contribution >= 4 is 46.7 Å². The van der Waals surface area contributed by atoms with Crippen LogP contribution in [0.1, 0.15) is 13.8 Å². The molecule has 0 rings (SSSR count). The van der Waals surface area contributed by atoms with Gasteiger partial charge in [-0.2, -0.15) is 0 Å². The van der Waals surface area contributed by atoms with E-state index in [1.54, 1.807) is 13.8 Å². The molecule has 0 aromatic heterocycles. The van der Waals surface area contributed by atoms with Crippen LogP contribution in [0.4, 0.5) is 0 Å². The van der Waals surface area contributed by atoms with Gasteiger partial charge in [-0.3, -0.25) is 4.79 Å². The Morgan fingerprint density at radius 1 is 1.20 bits per heavy atom. The van der Waals surface area contributed by atoms with Crippen molar-refractivity contribution < 1.29 is 14.3 Å². The molecule has 0 fully saturated rings. The van der Waals surface area contributed by atoms with Gasteiger partial charge in [0.25, 0.3) is 9.70 Å². The molecule has 0 aromatic rings. The molecule has 0 aliphatic heterocycles. The summed E-state index contributed by atoms with van der Waals surface area (Å²) in [5.74, 6) is -1.60. The second-order valence-electron chi connectivity index (χ2n) is 2.82. The number of hydrogen-bond donors (Lipinski definition) is 1. The highest BCUT2D eigenvalue weighted by molar-refractivity contribution is 6.76. The van der Waals surface area contributed by atoms with Gasteiger partial charge in [0.2, 0.25) is 0 Å². The third kappa shape index (κ3) is 4.73. The third-order valence-corrected chi connectivity index (χ3v) is 1.90. The summed E-state index contributed by atoms with van der Waals surface area (Å²) < 4.78 is 2.33. The molecule has 0 bridgehead atoms. The molecule has 1 N–H and O–H groups in total. The van der Waals surface area contributed by atoms with Crippen LogP contribution in [-0.2, 0) is 14.3 Å². The highest BCUT2D eigenvalue weighted by Crippen LogP contribution is 2.26. The van der Waals surface area contributed by atoms with E-state index in [-0.39, 0.29) is 5.70 Å². The number of esters is 1. The molecule has 0 radical (unpaired) electrons. The van der Waals surface area contributed by atoms with E-state index in [2.05, 4.69) is 10.1 Å². The molecule has 0 aliphatic carbocycles. The van der Waals surface area contributed by atoms with Gasteiger partial charge in [0.05, 0.1) is 7.11 Å². The highest BCUT2D eigenvalue weighted by atomic mass is 35.6. The molecule has 0 spiro atoms. The van der Waals surface area contributed by atoms with Crippen LogP contribution in [0.15, 0.2) is 11.3 Å². The molecule has 0 atom stereocenters. The first-order valence-electron chi connectivity index (χ1n) is 3.84. The van der Waals surface area contributed by atoms with Gasteiger partial charge >= 0.3 is 5.97 Å². The molecule has 4 nitrogen and oxygen atoms in total. The summed E-state index contributed by atoms with van der Waals surface area (Å²) >= 11 is 16.0. The molecule has 86 valence electrons. The summed E-state index contributed by atoms with van der Waals surface area (Å²) in [6, 6.07) is 0. The summed E-state index contributed by atoms with van der Waals surface area (Å²) in [5.41, 5.74) is 0.512. The van der Waals surface area contributed by atoms with Crippen molar-refractivity contribution in [2.45, 2.75) is 17.6 Å². The van der Waals surface area contributed by atoms with Gasteiger partial charge in [0.15, 0.2) is 0 Å². The van der Waals surface area contributed by atoms with E-state index >= 15 is 0 Å². The van der Waals surface area contributed by atoms with Crippen LogP contribution < -0.4 is 5.32 Å². The molecule has 0 aromatic carbocycles. The minimum Gasteiger partial charge on any atom is -0.464 e. The van der Waals surface area contributed by atoms with Crippen LogP contribution in [0.25, 0.3) is 0 Å². The number of ether oxygens (including phenoxy) is 1. The van der Waals surface area contributed by atoms with Crippen molar-refractivity contribution in [1.29, 1.82) is 0 Å². The lowest BCUT2D eigenvalue weighted by molar-refractivity contribution is -0.137. The Bertz CT molecular complexity index is 303. The van der Waals surface area contributed by atoms with Crippen molar-refractivity contribution in [3.8, 4) is 0 Å². The zero-order chi connectivity index (χ0) is 12.2. The van der Waals surface area contributed by atoms with E-state index < -0.39 is 15.7 Å². The van der Waals surface area contributed by atoms with Gasteiger partial charge < -0.3 is 10.1 Å². The van der Waals surface area contributed by atoms with E-state index in [0.717, 1.165) is 0 Å². The molecule has 0 saturated carbocycles. The van der Waals surface area contributed by atoms with Crippen LogP contribution in [0.2, 0.25) is 0 Å². The molecule has 0 saturated heterocycles. The number of alkyl halides is 3. The molecule has 7 heteroatoms. The maximum Gasteiger partial charge on any atom is 0.354 e. The predicted octanol–water partition coefficient (Wildman–Crippen LogP) is 1.94. The lowest BCUT2D eigenvalue weighted by Crippen LogP contribution is -2.37. The fraction of sp³-hybridized carbons (Fsp3) is 0.500. The first-order valence-corrected chi connectivity index (χ1v) is 4.97. The Balaban J connectivity index is 4.83. The molecule has 0 heterocycles. The number of hydrogen-bond acceptors (Lipinski definition) is 3. The molecule has 1 amide bonds. The van der Waals surface area contributed by atoms with E-state index in [0.29, 0.717) is 5.57 Å². The van der Waals surface area contributed by atoms with Crippen LogP contribution in [-0.4, -0.2) is 22.8 Å². The van der Waals surface area contributed by atoms with E-state index in [1.807, 2.05) is 0 Å². The number of methoxy groups -OCH3 is 1. The van der Waals surface area contributed by atoms with Crippen LogP contribution >= 0.6 is 34.8 Å². The first-order chi connectivity index (χ1) is 6.70. The average Bonchev–Trinajstić information content (AvgIpc) is 2.10. The Morgan fingerprint density at radius 2 is 1.67 bits per heavy atom. The van der Waals surface area contributed by atoms with Gasteiger partial charge in [-0.25, -0.2) is 4.79 Å². The number of rotatable bonds is 2. The topological polar surface area (TPSA) is 55.4 Å². The van der Waals surface area contributed by atoms with Crippen molar-refractivity contribution in [1.82, 2.24) is 5.32 Å². The maximum absolute atomic E-state index is 11.3. The zero-order valence-corrected chi connectivity index (χ0v) is 10.6. The lowest BCUT2D eigenvalue weighted by Gasteiger charge is -2.13. The minimum atomic E-state index is -2.12. The van der Waals surface area contributed by atoms with Crippen molar-refractivity contribution in [2.24, 2.45) is 0 Å². The van der Waals surface area contributed by atoms with Gasteiger partial charge in [-0.15, -0.1) is 0 Å². The number of amides is 1. The normalized spacial score (nSPS) is 10.5. The van der Waals surface area contributed by atoms with Crippen molar-refractivity contribution in [3.05, 3.63) is 11.3 Å². The summed E-state index contributed by atoms with van der Waals surface area (Å²) in [5, 5.41) is 2.18. The summed E-state index contributed by atoms with van der Waals surface area (Å²) in [7, 11) is 1.19. The Labute approximate surface area is 103 Å². The van der Waals surface area contributed by atoms with E-state index in [4.69, 9.17) is 34.8 Å². The summed E-state index contributed by atoms with van der Waals surface area (Å²) in [6.07, 6.45) is 0. The molecular weight excluding hydrogens is 264 g/mol. The Hall–Kier alpha value is -0.450. The van der Waals surface area contributed by atoms with Crippen LogP contribution in [0.5, 0.6) is 0 Å². The lowest BCUT2D eigenvalue weighted by atomic mass is 10.2. The second-order valence-corrected chi connectivity index (χ2v) is 5.10. The number of nitrogens with one attached hydrogen (secondary N) is 1. The smallest absolute Gasteiger partial charge is 0.354 e. The quantitative estimate of drug-likeness (QED) is 0.476. The predicted molar refractivity (Wildman–Crippen MR) is 58.8 cm³/mol. The molecule has 0 unspecified atom stereocenters. The summed E-state index contributed by atoms with van der Waals surface area (Å²) in [4.78, 5) is 22.4. The highest BCUT2D eigenvalue weighted by Gasteiger charge is 2.32. The number of halogens is 3. The Kier molecular flexibility index (Phi) is 5.42. The monoisotopic (exact) mass is 273 g/mol. The van der Waals surface area contributed by atoms with Crippen molar-refractivity contribution in [3.63, 3.8) is 0 Å². The fourth-order valence-corrected chi connectivity index (χ4v) is 0.808. The van der Waals surface area contributed by atoms with Gasteiger partial charge in [0, 0.05) is 0 Å². The van der Waals surface area contributed by atoms with E-state index in [1.165, 1.54) is 7.11 Å². The van der Waals surface area contributed by atoms with Gasteiger partial charge in [-0.1, -0.05) is 34.8 Å². The number of carbonyl (C=O) groups excluding carboxylic acids is 2. The molecule has 0 aliphatic rings. The Morgan fingerprint density at radius 3 is 1.93 bits per heavy atom. The molecule has 15 heavy (non-hydrogen) atoms. The van der Waals surface area contributed by atoms with Crippen molar-refractivity contribution in [2.75, 3.05) is 7.11 Å². The number of carbonyl (C=O) groups is 2. The summed E-state index contributed by atoms with van der Waals surface area (Å²) in [6.45, 7) is 3.23. The standard InChI is InChI=1S/C8H10Cl3NO3/c1-4(2)5(6(13)15-3)12-7(14)8(9,10)11/h1-3H3,(H,12,14). The average molecular weight is 275 g/mol. The largest absolute Gasteiger partial charge is 0.464 e. The fourth-order valence-electron chi connectivity index (χ4n) is 0.667. The second kappa shape index (κ2) is 5.58. The first kappa shape index (κ1) is 14.6. The van der Waals surface area contributed by atoms with Crippen LogP contribution in [0.3, 0.4) is 0 Å². The molecular formula is C8H10Cl3NO3. The third-order valence-electron chi connectivity index (χ3n) is 1.39. The van der Waals surface area contributed by atoms with Gasteiger partial charge in [0.1, 0.15) is 5.70 Å². The van der Waals surface area contributed by atoms with Gasteiger partial charge in [-0.05, 0) is 19.4 Å². The zero-order valence-electron chi connectivity index (χ0n) is 8.36. The minimum absolute atomic E-state index is 0.0335.